The number of carbonyl (C=O) groups is 2. The van der Waals surface area contributed by atoms with Crippen LogP contribution in [0.1, 0.15) is 66.7 Å². The Morgan fingerprint density at radius 1 is 1.16 bits per heavy atom. The Balaban J connectivity index is 0.00000576. The number of hydrogen-bond acceptors (Lipinski definition) is 5. The first-order valence-corrected chi connectivity index (χ1v) is 9.20. The fourth-order valence-corrected chi connectivity index (χ4v) is 2.97. The molecule has 0 amide bonds. The third-order valence-electron chi connectivity index (χ3n) is 3.49. The summed E-state index contributed by atoms with van der Waals surface area (Å²) in [4.78, 5) is 22.5. The zero-order chi connectivity index (χ0) is 18.3. The van der Waals surface area contributed by atoms with Crippen molar-refractivity contribution >= 4 is 73.4 Å². The van der Waals surface area contributed by atoms with Crippen molar-refractivity contribution < 1.29 is 32.4 Å². The molecular formula is C16H23KO7S. The molecule has 25 heavy (non-hydrogen) atoms. The van der Waals surface area contributed by atoms with Crippen LogP contribution in [0.2, 0.25) is 0 Å². The predicted molar refractivity (Wildman–Crippen MR) is 94.0 cm³/mol. The first-order chi connectivity index (χ1) is 11.2. The number of carbonyl (C=O) groups excluding carboxylic acids is 1. The van der Waals surface area contributed by atoms with E-state index >= 15 is 0 Å². The molecule has 1 rings (SSSR count). The van der Waals surface area contributed by atoms with E-state index in [1.807, 2.05) is 13.8 Å². The van der Waals surface area contributed by atoms with Crippen LogP contribution in [0.15, 0.2) is 23.1 Å². The molecule has 0 aliphatic rings. The number of carboxylic acid groups (broad SMARTS) is 1. The summed E-state index contributed by atoms with van der Waals surface area (Å²) in [6.45, 7) is 3.95. The summed E-state index contributed by atoms with van der Waals surface area (Å²) in [6, 6.07) is 2.88. The van der Waals surface area contributed by atoms with Crippen LogP contribution in [0.5, 0.6) is 0 Å². The van der Waals surface area contributed by atoms with Crippen LogP contribution in [0.25, 0.3) is 0 Å². The molecule has 1 aromatic rings. The molecule has 9 heteroatoms. The molecular weight excluding hydrogens is 375 g/mol. The van der Waals surface area contributed by atoms with Gasteiger partial charge in [0.2, 0.25) is 0 Å². The molecule has 0 aromatic heterocycles. The minimum atomic E-state index is -4.76. The van der Waals surface area contributed by atoms with E-state index in [4.69, 9.17) is 9.84 Å². The van der Waals surface area contributed by atoms with Gasteiger partial charge in [0.25, 0.3) is 10.1 Å². The number of esters is 1. The van der Waals surface area contributed by atoms with Crippen LogP contribution >= 0.6 is 0 Å². The van der Waals surface area contributed by atoms with E-state index in [1.165, 1.54) is 0 Å². The topological polar surface area (TPSA) is 118 Å². The number of hydrogen-bond donors (Lipinski definition) is 2. The summed E-state index contributed by atoms with van der Waals surface area (Å²) < 4.78 is 37.6. The number of benzene rings is 1. The van der Waals surface area contributed by atoms with Gasteiger partial charge in [0.15, 0.2) is 0 Å². The van der Waals surface area contributed by atoms with Gasteiger partial charge in [-0.1, -0.05) is 33.1 Å². The van der Waals surface area contributed by atoms with Gasteiger partial charge in [-0.2, -0.15) is 8.42 Å². The second kappa shape index (κ2) is 11.4. The monoisotopic (exact) mass is 398 g/mol. The van der Waals surface area contributed by atoms with Crippen LogP contribution in [0, 0.1) is 0 Å². The third kappa shape index (κ3) is 7.86. The zero-order valence-corrected chi connectivity index (χ0v) is 14.5. The van der Waals surface area contributed by atoms with Crippen LogP contribution in [-0.2, 0) is 14.9 Å². The van der Waals surface area contributed by atoms with Gasteiger partial charge in [-0.3, -0.25) is 4.55 Å². The van der Waals surface area contributed by atoms with Crippen molar-refractivity contribution in [1.29, 1.82) is 0 Å². The Bertz CT molecular complexity index is 700. The SMILES string of the molecule is CCCCC(CCC)OC(=O)c1ccc(C(=O)O)cc1S(=O)(=O)O.[KH]. The Hall–Kier alpha value is -0.294. The molecule has 0 fully saturated rings. The molecule has 0 aliphatic heterocycles. The van der Waals surface area contributed by atoms with Gasteiger partial charge in [-0.25, -0.2) is 9.59 Å². The molecule has 1 aromatic carbocycles. The van der Waals surface area contributed by atoms with Gasteiger partial charge in [-0.15, -0.1) is 0 Å². The molecule has 0 spiro atoms. The van der Waals surface area contributed by atoms with Crippen molar-refractivity contribution in [2.24, 2.45) is 0 Å². The van der Waals surface area contributed by atoms with Gasteiger partial charge in [0, 0.05) is 0 Å². The summed E-state index contributed by atoms with van der Waals surface area (Å²) in [5.41, 5.74) is -0.727. The van der Waals surface area contributed by atoms with E-state index in [2.05, 4.69) is 0 Å². The molecule has 0 saturated heterocycles. The standard InChI is InChI=1S/C16H22O7S.K.H/c1-3-5-7-12(6-4-2)23-16(19)13-9-8-11(15(17)18)10-14(13)24(20,21)22;;/h8-10,12H,3-7H2,1-2H3,(H,17,18)(H,20,21,22);;. The quantitative estimate of drug-likeness (QED) is 0.373. The average molecular weight is 399 g/mol. The van der Waals surface area contributed by atoms with E-state index in [9.17, 15) is 22.6 Å². The Morgan fingerprint density at radius 2 is 1.80 bits per heavy atom. The predicted octanol–water partition coefficient (Wildman–Crippen LogP) is 2.50. The maximum absolute atomic E-state index is 12.3. The molecule has 0 heterocycles. The van der Waals surface area contributed by atoms with Crippen LogP contribution < -0.4 is 0 Å². The second-order valence-corrected chi connectivity index (χ2v) is 6.84. The molecule has 0 aliphatic carbocycles. The minimum absolute atomic E-state index is 0. The van der Waals surface area contributed by atoms with E-state index in [0.29, 0.717) is 12.8 Å². The van der Waals surface area contributed by atoms with Gasteiger partial charge < -0.3 is 9.84 Å². The fourth-order valence-electron chi connectivity index (χ4n) is 2.27. The summed E-state index contributed by atoms with van der Waals surface area (Å²) in [6.07, 6.45) is 3.54. The number of carboxylic acids is 1. The number of unbranched alkanes of at least 4 members (excludes halogenated alkanes) is 1. The molecule has 0 saturated carbocycles. The molecule has 7 nitrogen and oxygen atoms in total. The Kier molecular flexibility index (Phi) is 11.3. The number of ether oxygens (including phenoxy) is 1. The molecule has 1 atom stereocenters. The summed E-state index contributed by atoms with van der Waals surface area (Å²) >= 11 is 0. The molecule has 0 bridgehead atoms. The number of rotatable bonds is 9. The van der Waals surface area contributed by atoms with Gasteiger partial charge >= 0.3 is 63.3 Å². The van der Waals surface area contributed by atoms with Crippen molar-refractivity contribution in [2.75, 3.05) is 0 Å². The first-order valence-electron chi connectivity index (χ1n) is 7.76. The van der Waals surface area contributed by atoms with Gasteiger partial charge in [0.1, 0.15) is 11.0 Å². The maximum atomic E-state index is 12.3. The van der Waals surface area contributed by atoms with Gasteiger partial charge in [-0.05, 0) is 31.0 Å². The molecule has 0 radical (unpaired) electrons. The zero-order valence-electron chi connectivity index (χ0n) is 13.7. The molecule has 1 unspecified atom stereocenters. The summed E-state index contributed by atoms with van der Waals surface area (Å²) in [7, 11) is -4.76. The van der Waals surface area contributed by atoms with Crippen LogP contribution in [0.3, 0.4) is 0 Å². The van der Waals surface area contributed by atoms with Crippen molar-refractivity contribution in [3.63, 3.8) is 0 Å². The molecule has 136 valence electrons. The van der Waals surface area contributed by atoms with Gasteiger partial charge in [0.05, 0.1) is 11.1 Å². The van der Waals surface area contributed by atoms with E-state index in [1.54, 1.807) is 0 Å². The van der Waals surface area contributed by atoms with Crippen LogP contribution in [-0.4, -0.2) is 87.5 Å². The van der Waals surface area contributed by atoms with Crippen molar-refractivity contribution in [1.82, 2.24) is 0 Å². The normalized spacial score (nSPS) is 12.1. The van der Waals surface area contributed by atoms with Crippen LogP contribution in [0.4, 0.5) is 0 Å². The van der Waals surface area contributed by atoms with Crippen molar-refractivity contribution in [3.8, 4) is 0 Å². The fraction of sp³-hybridized carbons (Fsp3) is 0.500. The second-order valence-electron chi connectivity index (χ2n) is 5.45. The summed E-state index contributed by atoms with van der Waals surface area (Å²) in [5, 5.41) is 8.92. The first kappa shape index (κ1) is 24.7. The Labute approximate surface area is 190 Å². The van der Waals surface area contributed by atoms with Crippen molar-refractivity contribution in [2.45, 2.75) is 57.0 Å². The third-order valence-corrected chi connectivity index (χ3v) is 4.38. The van der Waals surface area contributed by atoms with Crippen molar-refractivity contribution in [3.05, 3.63) is 29.3 Å². The van der Waals surface area contributed by atoms with E-state index in [-0.39, 0.29) is 68.6 Å². The Morgan fingerprint density at radius 3 is 2.28 bits per heavy atom. The molecule has 2 N–H and O–H groups in total. The summed E-state index contributed by atoms with van der Waals surface area (Å²) in [5.74, 6) is -2.26. The number of aromatic carboxylic acids is 1. The van der Waals surface area contributed by atoms with E-state index < -0.39 is 27.0 Å². The van der Waals surface area contributed by atoms with E-state index in [0.717, 1.165) is 37.5 Å². The average Bonchev–Trinajstić information content (AvgIpc) is 2.51.